The first-order valence-electron chi connectivity index (χ1n) is 4.79. The highest BCUT2D eigenvalue weighted by Crippen LogP contribution is 2.15. The zero-order valence-electron chi connectivity index (χ0n) is 9.12. The molecule has 2 rings (SSSR count). The number of nitrogens with two attached hydrogens (primary N) is 1. The first-order chi connectivity index (χ1) is 7.70. The predicted molar refractivity (Wildman–Crippen MR) is 55.3 cm³/mol. The lowest BCUT2D eigenvalue weighted by Crippen LogP contribution is -2.16. The monoisotopic (exact) mass is 223 g/mol. The molecule has 0 saturated carbocycles. The van der Waals surface area contributed by atoms with Crippen molar-refractivity contribution in [3.8, 4) is 11.5 Å². The van der Waals surface area contributed by atoms with E-state index in [4.69, 9.17) is 15.0 Å². The van der Waals surface area contributed by atoms with Gasteiger partial charge in [0.15, 0.2) is 0 Å². The van der Waals surface area contributed by atoms with Gasteiger partial charge in [0.05, 0.1) is 6.61 Å². The summed E-state index contributed by atoms with van der Waals surface area (Å²) < 4.78 is 11.6. The number of rotatable bonds is 4. The Morgan fingerprint density at radius 1 is 1.62 bits per heavy atom. The van der Waals surface area contributed by atoms with Crippen LogP contribution in [0.3, 0.4) is 0 Å². The minimum atomic E-state index is -0.407. The number of ether oxygens (including phenoxy) is 1. The molecule has 16 heavy (non-hydrogen) atoms. The summed E-state index contributed by atoms with van der Waals surface area (Å²) in [6.45, 7) is 0.337. The van der Waals surface area contributed by atoms with Crippen LogP contribution in [0.2, 0.25) is 0 Å². The molecule has 0 aliphatic carbocycles. The van der Waals surface area contributed by atoms with Crippen molar-refractivity contribution in [2.24, 2.45) is 12.8 Å². The van der Waals surface area contributed by atoms with Crippen molar-refractivity contribution in [2.75, 3.05) is 13.7 Å². The van der Waals surface area contributed by atoms with Gasteiger partial charge in [0.1, 0.15) is 11.7 Å². The Hall–Kier alpha value is -1.73. The topological polar surface area (TPSA) is 92.0 Å². The Kier molecular flexibility index (Phi) is 2.97. The Morgan fingerprint density at radius 2 is 2.44 bits per heavy atom. The van der Waals surface area contributed by atoms with E-state index in [0.717, 1.165) is 0 Å². The molecule has 0 aliphatic heterocycles. The van der Waals surface area contributed by atoms with Crippen LogP contribution in [0.25, 0.3) is 11.5 Å². The lowest BCUT2D eigenvalue weighted by Gasteiger charge is -2.02. The molecule has 2 heterocycles. The number of methoxy groups -OCH3 is 1. The summed E-state index contributed by atoms with van der Waals surface area (Å²) in [5.41, 5.74) is 6.41. The molecular formula is C9H13N5O2. The number of hydrogen-bond acceptors (Lipinski definition) is 6. The molecule has 0 fully saturated rings. The highest BCUT2D eigenvalue weighted by Gasteiger charge is 2.16. The van der Waals surface area contributed by atoms with E-state index in [9.17, 15) is 0 Å². The third-order valence-electron chi connectivity index (χ3n) is 2.05. The van der Waals surface area contributed by atoms with E-state index in [2.05, 4.69) is 15.2 Å². The summed E-state index contributed by atoms with van der Waals surface area (Å²) in [6, 6.07) is 1.39. The van der Waals surface area contributed by atoms with Crippen molar-refractivity contribution < 1.29 is 9.26 Å². The molecule has 2 aromatic heterocycles. The van der Waals surface area contributed by atoms with Crippen LogP contribution in [0.4, 0.5) is 0 Å². The lowest BCUT2D eigenvalue weighted by molar-refractivity contribution is 0.166. The van der Waals surface area contributed by atoms with Gasteiger partial charge in [-0.05, 0) is 6.07 Å². The third kappa shape index (κ3) is 2.10. The Balaban J connectivity index is 2.19. The van der Waals surface area contributed by atoms with Crippen LogP contribution < -0.4 is 5.73 Å². The van der Waals surface area contributed by atoms with E-state index >= 15 is 0 Å². The van der Waals surface area contributed by atoms with E-state index in [1.165, 1.54) is 0 Å². The van der Waals surface area contributed by atoms with Crippen molar-refractivity contribution in [2.45, 2.75) is 6.04 Å². The predicted octanol–water partition coefficient (Wildman–Crippen LogP) is 0.116. The number of aryl methyl sites for hydroxylation is 1. The van der Waals surface area contributed by atoms with Crippen molar-refractivity contribution in [3.63, 3.8) is 0 Å². The Labute approximate surface area is 92.2 Å². The second-order valence-electron chi connectivity index (χ2n) is 3.39. The summed E-state index contributed by atoms with van der Waals surface area (Å²) in [6.07, 6.45) is 1.81. The summed E-state index contributed by atoms with van der Waals surface area (Å²) in [7, 11) is 3.39. The van der Waals surface area contributed by atoms with E-state index in [1.807, 2.05) is 7.05 Å². The first kappa shape index (κ1) is 10.8. The average Bonchev–Trinajstić information content (AvgIpc) is 2.85. The molecule has 1 atom stereocenters. The van der Waals surface area contributed by atoms with Gasteiger partial charge in [-0.1, -0.05) is 5.16 Å². The molecule has 0 bridgehead atoms. The smallest absolute Gasteiger partial charge is 0.246 e. The molecule has 0 radical (unpaired) electrons. The van der Waals surface area contributed by atoms with Crippen LogP contribution >= 0.6 is 0 Å². The second-order valence-corrected chi connectivity index (χ2v) is 3.39. The van der Waals surface area contributed by atoms with Crippen LogP contribution in [-0.2, 0) is 11.8 Å². The molecule has 0 saturated heterocycles. The van der Waals surface area contributed by atoms with Gasteiger partial charge in [-0.2, -0.15) is 10.1 Å². The minimum Gasteiger partial charge on any atom is -0.383 e. The molecule has 86 valence electrons. The highest BCUT2D eigenvalue weighted by molar-refractivity contribution is 5.46. The molecule has 7 nitrogen and oxygen atoms in total. The van der Waals surface area contributed by atoms with Crippen LogP contribution in [0.1, 0.15) is 11.9 Å². The fraction of sp³-hybridized carbons (Fsp3) is 0.444. The van der Waals surface area contributed by atoms with E-state index in [0.29, 0.717) is 24.0 Å². The maximum absolute atomic E-state index is 5.76. The van der Waals surface area contributed by atoms with Gasteiger partial charge in [-0.3, -0.25) is 4.68 Å². The van der Waals surface area contributed by atoms with Gasteiger partial charge in [-0.25, -0.2) is 0 Å². The third-order valence-corrected chi connectivity index (χ3v) is 2.05. The van der Waals surface area contributed by atoms with Gasteiger partial charge in [0.2, 0.25) is 11.7 Å². The summed E-state index contributed by atoms with van der Waals surface area (Å²) in [5.74, 6) is 0.782. The molecule has 2 aromatic rings. The van der Waals surface area contributed by atoms with Gasteiger partial charge in [-0.15, -0.1) is 0 Å². The SMILES string of the molecule is COCC(N)c1nc(-c2ccn(C)n2)no1. The first-order valence-corrected chi connectivity index (χ1v) is 4.79. The van der Waals surface area contributed by atoms with E-state index in [1.54, 1.807) is 24.1 Å². The fourth-order valence-corrected chi connectivity index (χ4v) is 1.28. The Morgan fingerprint density at radius 3 is 3.06 bits per heavy atom. The molecule has 1 unspecified atom stereocenters. The van der Waals surface area contributed by atoms with Crippen molar-refractivity contribution in [3.05, 3.63) is 18.2 Å². The number of nitrogens with zero attached hydrogens (tertiary/aromatic N) is 4. The minimum absolute atomic E-state index is 0.337. The average molecular weight is 223 g/mol. The van der Waals surface area contributed by atoms with Crippen LogP contribution in [0.15, 0.2) is 16.8 Å². The van der Waals surface area contributed by atoms with E-state index in [-0.39, 0.29) is 0 Å². The maximum Gasteiger partial charge on any atom is 0.246 e. The van der Waals surface area contributed by atoms with Gasteiger partial charge in [0, 0.05) is 20.4 Å². The normalized spacial score (nSPS) is 12.9. The molecule has 0 amide bonds. The summed E-state index contributed by atoms with van der Waals surface area (Å²) in [5, 5.41) is 7.96. The van der Waals surface area contributed by atoms with Crippen LogP contribution in [0.5, 0.6) is 0 Å². The molecule has 7 heteroatoms. The van der Waals surface area contributed by atoms with Crippen molar-refractivity contribution in [1.29, 1.82) is 0 Å². The zero-order chi connectivity index (χ0) is 11.5. The van der Waals surface area contributed by atoms with Gasteiger partial charge < -0.3 is 15.0 Å². The molecule has 0 aliphatic rings. The zero-order valence-corrected chi connectivity index (χ0v) is 9.12. The van der Waals surface area contributed by atoms with Crippen LogP contribution in [0, 0.1) is 0 Å². The fourth-order valence-electron chi connectivity index (χ4n) is 1.28. The quantitative estimate of drug-likeness (QED) is 0.791. The van der Waals surface area contributed by atoms with Crippen molar-refractivity contribution in [1.82, 2.24) is 19.9 Å². The largest absolute Gasteiger partial charge is 0.383 e. The maximum atomic E-state index is 5.76. The van der Waals surface area contributed by atoms with E-state index < -0.39 is 6.04 Å². The number of hydrogen-bond donors (Lipinski definition) is 1. The molecule has 2 N–H and O–H groups in total. The van der Waals surface area contributed by atoms with Crippen molar-refractivity contribution >= 4 is 0 Å². The molecule has 0 spiro atoms. The standard InChI is InChI=1S/C9H13N5O2/c1-14-4-3-7(12-14)8-11-9(16-13-8)6(10)5-15-2/h3-4,6H,5,10H2,1-2H3. The van der Waals surface area contributed by atoms with Crippen LogP contribution in [-0.4, -0.2) is 33.6 Å². The second kappa shape index (κ2) is 4.42. The summed E-state index contributed by atoms with van der Waals surface area (Å²) in [4.78, 5) is 4.15. The lowest BCUT2D eigenvalue weighted by atomic mass is 10.3. The molecular weight excluding hydrogens is 210 g/mol. The van der Waals surface area contributed by atoms with Gasteiger partial charge in [0.25, 0.3) is 0 Å². The van der Waals surface area contributed by atoms with Gasteiger partial charge >= 0.3 is 0 Å². The highest BCUT2D eigenvalue weighted by atomic mass is 16.5. The number of aromatic nitrogens is 4. The summed E-state index contributed by atoms with van der Waals surface area (Å²) >= 11 is 0. The Bertz CT molecular complexity index is 464. The molecule has 0 aromatic carbocycles.